The van der Waals surface area contributed by atoms with Crippen molar-refractivity contribution in [2.75, 3.05) is 0 Å². The molecule has 4 heterocycles. The Bertz CT molecular complexity index is 6240. The minimum atomic E-state index is -0.817. The van der Waals surface area contributed by atoms with Crippen molar-refractivity contribution >= 4 is 87.5 Å². The Labute approximate surface area is 555 Å². The predicted octanol–water partition coefficient (Wildman–Crippen LogP) is 24.4. The van der Waals surface area contributed by atoms with E-state index in [-0.39, 0.29) is 17.8 Å². The zero-order valence-corrected chi connectivity index (χ0v) is 51.3. The number of benzene rings is 15. The van der Waals surface area contributed by atoms with Crippen LogP contribution in [0.1, 0.15) is 29.1 Å². The lowest BCUT2D eigenvalue weighted by molar-refractivity contribution is 0.668. The fraction of sp³-hybridized carbons (Fsp3) is 0.0110. The summed E-state index contributed by atoms with van der Waals surface area (Å²) < 4.78 is 63.1. The summed E-state index contributed by atoms with van der Waals surface area (Å²) in [6.07, 6.45) is 0. The van der Waals surface area contributed by atoms with Crippen LogP contribution in [0.3, 0.4) is 0 Å². The quantitative estimate of drug-likeness (QED) is 0.121. The molecule has 0 fully saturated rings. The Balaban J connectivity index is 0.890. The molecule has 0 radical (unpaired) electrons. The van der Waals surface area contributed by atoms with Crippen LogP contribution in [-0.4, -0.2) is 9.13 Å². The molecule has 15 aromatic carbocycles. The Morgan fingerprint density at radius 2 is 0.663 bits per heavy atom. The molecule has 95 heavy (non-hydrogen) atoms. The monoisotopic (exact) mass is 1220 g/mol. The van der Waals surface area contributed by atoms with E-state index in [1.165, 1.54) is 0 Å². The molecule has 444 valence electrons. The predicted molar refractivity (Wildman–Crippen MR) is 395 cm³/mol. The van der Waals surface area contributed by atoms with Gasteiger partial charge in [0.15, 0.2) is 0 Å². The van der Waals surface area contributed by atoms with Crippen molar-refractivity contribution < 1.29 is 15.7 Å². The zero-order chi connectivity index (χ0) is 66.9. The number of nitrogens with zero attached hydrogens (tertiary/aromatic N) is 2. The second-order valence-corrected chi connectivity index (χ2v) is 24.5. The Morgan fingerprint density at radius 1 is 0.253 bits per heavy atom. The van der Waals surface area contributed by atoms with Gasteiger partial charge in [-0.3, -0.25) is 0 Å². The molecule has 4 heteroatoms. The molecule has 0 aliphatic carbocycles. The van der Waals surface area contributed by atoms with Crippen LogP contribution in [0.4, 0.5) is 0 Å². The minimum absolute atomic E-state index is 0.0793. The molecular formula is C91H58N2O2. The topological polar surface area (TPSA) is 36.1 Å². The molecule has 19 rings (SSSR count). The lowest BCUT2D eigenvalue weighted by atomic mass is 9.65. The van der Waals surface area contributed by atoms with E-state index in [1.54, 1.807) is 0 Å². The number of para-hydroxylation sites is 4. The normalized spacial score (nSPS) is 12.7. The third-order valence-corrected chi connectivity index (χ3v) is 19.6. The van der Waals surface area contributed by atoms with Crippen molar-refractivity contribution in [3.8, 4) is 67.0 Å². The largest absolute Gasteiger partial charge is 0.456 e. The van der Waals surface area contributed by atoms with E-state index >= 15 is 0 Å². The molecule has 0 saturated heterocycles. The van der Waals surface area contributed by atoms with Crippen LogP contribution in [0.2, 0.25) is 0 Å². The van der Waals surface area contributed by atoms with Crippen LogP contribution in [0.5, 0.6) is 0 Å². The first kappa shape index (κ1) is 49.2. The summed E-state index contributed by atoms with van der Waals surface area (Å²) in [5, 5.41) is 8.08. The van der Waals surface area contributed by atoms with E-state index in [1.807, 2.05) is 47.0 Å². The fourth-order valence-electron chi connectivity index (χ4n) is 15.7. The summed E-state index contributed by atoms with van der Waals surface area (Å²) in [7, 11) is 0. The van der Waals surface area contributed by atoms with Crippen LogP contribution in [-0.2, 0) is 5.41 Å². The van der Waals surface area contributed by atoms with Gasteiger partial charge in [0.1, 0.15) is 22.3 Å². The zero-order valence-electron chi connectivity index (χ0n) is 56.3. The van der Waals surface area contributed by atoms with Crippen molar-refractivity contribution in [1.82, 2.24) is 9.13 Å². The SMILES string of the molecule is [2H]c1c([2H])c([2H])c(-n2c3ccc(-n4c5ccccc5c5ccc(-c6c(-c7ccccc7-c7cccc8oc9ccccc9c78)cccc6-c6ccccc6-c6cccc7oc8ccccc8c67)cc54)cc3c3cc(C(c4ccccc4)(c4ccccc4)c4ccccc4)ccc32)c([2H])c1[2H]. The molecule has 0 saturated carbocycles. The van der Waals surface area contributed by atoms with Crippen molar-refractivity contribution in [3.63, 3.8) is 0 Å². The van der Waals surface area contributed by atoms with Crippen molar-refractivity contribution in [1.29, 1.82) is 0 Å². The molecule has 4 aromatic heterocycles. The highest BCUT2D eigenvalue weighted by Gasteiger charge is 2.39. The van der Waals surface area contributed by atoms with Gasteiger partial charge in [0.2, 0.25) is 0 Å². The third-order valence-electron chi connectivity index (χ3n) is 19.6. The summed E-state index contributed by atoms with van der Waals surface area (Å²) in [6, 6.07) is 112. The lowest BCUT2D eigenvalue weighted by Crippen LogP contribution is -2.30. The summed E-state index contributed by atoms with van der Waals surface area (Å²) in [6.45, 7) is 0. The van der Waals surface area contributed by atoms with Crippen molar-refractivity contribution in [2.24, 2.45) is 0 Å². The van der Waals surface area contributed by atoms with E-state index < -0.39 is 23.5 Å². The maximum absolute atomic E-state index is 9.52. The van der Waals surface area contributed by atoms with Gasteiger partial charge in [-0.1, -0.05) is 273 Å². The maximum atomic E-state index is 9.52. The lowest BCUT2D eigenvalue weighted by Gasteiger charge is -2.37. The summed E-state index contributed by atoms with van der Waals surface area (Å²) in [5.41, 5.74) is 21.7. The van der Waals surface area contributed by atoms with Gasteiger partial charge in [0.25, 0.3) is 0 Å². The molecule has 0 atom stereocenters. The smallest absolute Gasteiger partial charge is 0.136 e. The van der Waals surface area contributed by atoms with Crippen LogP contribution in [0.15, 0.2) is 361 Å². The van der Waals surface area contributed by atoms with E-state index in [4.69, 9.17) is 12.9 Å². The molecule has 0 N–H and O–H groups in total. The van der Waals surface area contributed by atoms with E-state index in [2.05, 4.69) is 284 Å². The third kappa shape index (κ3) is 8.41. The van der Waals surface area contributed by atoms with Gasteiger partial charge in [-0.25, -0.2) is 0 Å². The second kappa shape index (κ2) is 21.8. The molecule has 0 aliphatic rings. The van der Waals surface area contributed by atoms with Crippen LogP contribution in [0, 0.1) is 0 Å². The number of furan rings is 2. The minimum Gasteiger partial charge on any atom is -0.456 e. The van der Waals surface area contributed by atoms with Crippen LogP contribution >= 0.6 is 0 Å². The molecule has 19 aromatic rings. The first-order valence-electron chi connectivity index (χ1n) is 34.7. The number of hydrogen-bond acceptors (Lipinski definition) is 2. The number of aromatic nitrogens is 2. The van der Waals surface area contributed by atoms with Gasteiger partial charge >= 0.3 is 0 Å². The highest BCUT2D eigenvalue weighted by Crippen LogP contribution is 2.51. The van der Waals surface area contributed by atoms with Gasteiger partial charge < -0.3 is 18.0 Å². The van der Waals surface area contributed by atoms with Gasteiger partial charge in [0.05, 0.1) is 34.3 Å². The van der Waals surface area contributed by atoms with Crippen LogP contribution in [0.25, 0.3) is 154 Å². The first-order valence-corrected chi connectivity index (χ1v) is 32.2. The molecule has 0 spiro atoms. The average Bonchev–Trinajstić information content (AvgIpc) is 1.30. The molecule has 0 aliphatic heterocycles. The molecule has 0 amide bonds. The average molecular weight is 1220 g/mol. The van der Waals surface area contributed by atoms with Gasteiger partial charge in [-0.15, -0.1) is 0 Å². The molecule has 0 unspecified atom stereocenters. The van der Waals surface area contributed by atoms with Gasteiger partial charge in [-0.05, 0) is 157 Å². The Kier molecular flexibility index (Phi) is 11.3. The number of fused-ring (bicyclic) bond motifs is 12. The van der Waals surface area contributed by atoms with Gasteiger partial charge in [0, 0.05) is 54.5 Å². The summed E-state index contributed by atoms with van der Waals surface area (Å²) >= 11 is 0. The first-order chi connectivity index (χ1) is 49.2. The fourth-order valence-corrected chi connectivity index (χ4v) is 15.7. The number of rotatable bonds is 11. The molecule has 0 bridgehead atoms. The number of hydrogen-bond donors (Lipinski definition) is 0. The highest BCUT2D eigenvalue weighted by molar-refractivity contribution is 6.18. The standard InChI is InChI=1S/C91H58N2O2/c1-5-26-60(27-6-1)91(61-28-7-2-8-29-61,62-30-9-3-10-31-62)63-51-54-81-78(57-63)79-58-65(52-55-82(79)92(81)64-32-11-4-12-33-64)93-80-45-20-17-38-70(80)71-53-50-59(56-83(71)93)88-72(66-34-13-15-36-68(66)74-43-24-48-86-89(74)76-39-18-21-46-84(76)94-86)41-23-42-73(88)67-35-14-16-37-69(67)75-44-25-49-87-90(75)77-40-19-22-47-85(77)95-87/h1-58H/i4D,11D,12D,32D,33D. The van der Waals surface area contributed by atoms with Crippen molar-refractivity contribution in [2.45, 2.75) is 5.41 Å². The van der Waals surface area contributed by atoms with Crippen molar-refractivity contribution in [3.05, 3.63) is 374 Å². The maximum Gasteiger partial charge on any atom is 0.136 e. The molecular weight excluding hydrogens is 1150 g/mol. The van der Waals surface area contributed by atoms with E-state index in [0.29, 0.717) is 11.0 Å². The Morgan fingerprint density at radius 3 is 1.23 bits per heavy atom. The van der Waals surface area contributed by atoms with E-state index in [0.717, 1.165) is 160 Å². The molecule has 4 nitrogen and oxygen atoms in total. The van der Waals surface area contributed by atoms with Crippen LogP contribution < -0.4 is 0 Å². The van der Waals surface area contributed by atoms with E-state index in [9.17, 15) is 2.74 Å². The second-order valence-electron chi connectivity index (χ2n) is 24.5. The highest BCUT2D eigenvalue weighted by atomic mass is 16.3. The summed E-state index contributed by atoms with van der Waals surface area (Å²) in [4.78, 5) is 0. The van der Waals surface area contributed by atoms with Gasteiger partial charge in [-0.2, -0.15) is 0 Å². The Hall–Kier alpha value is -12.5. The summed E-state index contributed by atoms with van der Waals surface area (Å²) in [5.74, 6) is 0.